The predicted molar refractivity (Wildman–Crippen MR) is 65.7 cm³/mol. The molecule has 0 saturated heterocycles. The maximum absolute atomic E-state index is 11.9. The second-order valence-electron chi connectivity index (χ2n) is 3.99. The molecule has 1 aliphatic heterocycles. The van der Waals surface area contributed by atoms with E-state index in [1.54, 1.807) is 0 Å². The highest BCUT2D eigenvalue weighted by atomic mass is 16.2. The average Bonchev–Trinajstić information content (AvgIpc) is 2.30. The van der Waals surface area contributed by atoms with E-state index in [-0.39, 0.29) is 5.91 Å². The third kappa shape index (κ3) is 1.88. The van der Waals surface area contributed by atoms with Crippen LogP contribution < -0.4 is 15.5 Å². The first kappa shape index (κ1) is 11.0. The average molecular weight is 219 g/mol. The molecule has 1 aromatic carbocycles. The minimum absolute atomic E-state index is 0.114. The number of carbonyl (C=O) groups excluding carboxylic acids is 1. The Morgan fingerprint density at radius 3 is 2.69 bits per heavy atom. The summed E-state index contributed by atoms with van der Waals surface area (Å²) in [4.78, 5) is 15.9. The van der Waals surface area contributed by atoms with E-state index in [1.807, 2.05) is 36.2 Å². The normalized spacial score (nSPS) is 14.9. The van der Waals surface area contributed by atoms with Crippen LogP contribution in [0.1, 0.15) is 6.42 Å². The Balaban J connectivity index is 2.31. The summed E-state index contributed by atoms with van der Waals surface area (Å²) in [5, 5.41) is 0. The van der Waals surface area contributed by atoms with Gasteiger partial charge in [-0.15, -0.1) is 0 Å². The van der Waals surface area contributed by atoms with Gasteiger partial charge in [0.1, 0.15) is 0 Å². The van der Waals surface area contributed by atoms with E-state index in [1.165, 1.54) is 0 Å². The molecule has 2 N–H and O–H groups in total. The van der Waals surface area contributed by atoms with Crippen molar-refractivity contribution in [2.24, 2.45) is 5.73 Å². The first-order valence-corrected chi connectivity index (χ1v) is 5.54. The summed E-state index contributed by atoms with van der Waals surface area (Å²) in [6.45, 7) is 2.02. The summed E-state index contributed by atoms with van der Waals surface area (Å²) in [5.74, 6) is 0.114. The molecule has 0 spiro atoms. The van der Waals surface area contributed by atoms with Gasteiger partial charge in [0.05, 0.1) is 11.4 Å². The van der Waals surface area contributed by atoms with E-state index >= 15 is 0 Å². The van der Waals surface area contributed by atoms with Crippen LogP contribution >= 0.6 is 0 Å². The van der Waals surface area contributed by atoms with Gasteiger partial charge in [-0.25, -0.2) is 0 Å². The summed E-state index contributed by atoms with van der Waals surface area (Å²) in [6.07, 6.45) is 0.415. The molecule has 0 saturated carbocycles. The molecule has 0 atom stereocenters. The van der Waals surface area contributed by atoms with Crippen molar-refractivity contribution in [1.29, 1.82) is 0 Å². The van der Waals surface area contributed by atoms with Crippen LogP contribution in [0.3, 0.4) is 0 Å². The zero-order valence-corrected chi connectivity index (χ0v) is 9.52. The fourth-order valence-corrected chi connectivity index (χ4v) is 2.02. The molecule has 0 unspecified atom stereocenters. The minimum Gasteiger partial charge on any atom is -0.371 e. The maximum Gasteiger partial charge on any atom is 0.228 e. The first-order valence-electron chi connectivity index (χ1n) is 5.54. The molecule has 1 aliphatic rings. The second-order valence-corrected chi connectivity index (χ2v) is 3.99. The van der Waals surface area contributed by atoms with Gasteiger partial charge in [0, 0.05) is 33.1 Å². The number of benzene rings is 1. The van der Waals surface area contributed by atoms with Crippen molar-refractivity contribution < 1.29 is 4.79 Å². The molecule has 4 heteroatoms. The largest absolute Gasteiger partial charge is 0.371 e. The molecule has 86 valence electrons. The van der Waals surface area contributed by atoms with E-state index in [0.717, 1.165) is 24.5 Å². The van der Waals surface area contributed by atoms with E-state index in [9.17, 15) is 4.79 Å². The zero-order chi connectivity index (χ0) is 11.5. The van der Waals surface area contributed by atoms with Crippen molar-refractivity contribution in [3.63, 3.8) is 0 Å². The Bertz CT molecular complexity index is 392. The summed E-state index contributed by atoms with van der Waals surface area (Å²) >= 11 is 0. The number of amides is 1. The highest BCUT2D eigenvalue weighted by Crippen LogP contribution is 2.31. The highest BCUT2D eigenvalue weighted by Gasteiger charge is 2.23. The van der Waals surface area contributed by atoms with Crippen molar-refractivity contribution in [3.8, 4) is 0 Å². The molecule has 16 heavy (non-hydrogen) atoms. The number of carbonyl (C=O) groups is 1. The van der Waals surface area contributed by atoms with Gasteiger partial charge in [-0.3, -0.25) is 4.79 Å². The molecular formula is C12H17N3O. The number of nitrogens with two attached hydrogens (primary N) is 1. The molecule has 1 amide bonds. The number of nitrogens with zero attached hydrogens (tertiary/aromatic N) is 2. The summed E-state index contributed by atoms with van der Waals surface area (Å²) in [5.41, 5.74) is 7.53. The monoisotopic (exact) mass is 219 g/mol. The smallest absolute Gasteiger partial charge is 0.228 e. The predicted octanol–water partition coefficient (Wildman–Crippen LogP) is 0.818. The molecule has 1 heterocycles. The number of para-hydroxylation sites is 2. The van der Waals surface area contributed by atoms with Crippen molar-refractivity contribution in [2.75, 3.05) is 36.5 Å². The number of fused-ring (bicyclic) bond motifs is 1. The van der Waals surface area contributed by atoms with Gasteiger partial charge in [-0.2, -0.15) is 0 Å². The lowest BCUT2D eigenvalue weighted by Crippen LogP contribution is -2.43. The molecule has 0 fully saturated rings. The standard InChI is InChI=1S/C12H17N3O/c1-14-8-9-15(12(16)6-7-13)11-5-3-2-4-10(11)14/h2-5H,6-9,13H2,1H3. The Kier molecular flexibility index (Phi) is 3.10. The fourth-order valence-electron chi connectivity index (χ4n) is 2.02. The van der Waals surface area contributed by atoms with Gasteiger partial charge in [0.15, 0.2) is 0 Å². The quantitative estimate of drug-likeness (QED) is 0.801. The Labute approximate surface area is 95.6 Å². The first-order chi connectivity index (χ1) is 7.74. The molecule has 1 aromatic rings. The molecule has 2 rings (SSSR count). The SMILES string of the molecule is CN1CCN(C(=O)CCN)c2ccccc21. The summed E-state index contributed by atoms with van der Waals surface area (Å²) in [7, 11) is 2.05. The van der Waals surface area contributed by atoms with Crippen LogP contribution in [0, 0.1) is 0 Å². The third-order valence-electron chi connectivity index (χ3n) is 2.90. The van der Waals surface area contributed by atoms with Crippen LogP contribution in [0.2, 0.25) is 0 Å². The van der Waals surface area contributed by atoms with Gasteiger partial charge in [-0.05, 0) is 12.1 Å². The lowest BCUT2D eigenvalue weighted by atomic mass is 10.1. The van der Waals surface area contributed by atoms with Gasteiger partial charge < -0.3 is 15.5 Å². The maximum atomic E-state index is 11.9. The minimum atomic E-state index is 0.114. The Morgan fingerprint density at radius 1 is 1.31 bits per heavy atom. The van der Waals surface area contributed by atoms with E-state index in [4.69, 9.17) is 5.73 Å². The number of hydrogen-bond acceptors (Lipinski definition) is 3. The van der Waals surface area contributed by atoms with Crippen LogP contribution in [-0.4, -0.2) is 32.6 Å². The van der Waals surface area contributed by atoms with Crippen LogP contribution in [0.25, 0.3) is 0 Å². The van der Waals surface area contributed by atoms with Crippen LogP contribution in [0.15, 0.2) is 24.3 Å². The van der Waals surface area contributed by atoms with Gasteiger partial charge >= 0.3 is 0 Å². The van der Waals surface area contributed by atoms with Crippen LogP contribution in [0.4, 0.5) is 11.4 Å². The molecule has 0 radical (unpaired) electrons. The lowest BCUT2D eigenvalue weighted by molar-refractivity contribution is -0.118. The second kappa shape index (κ2) is 4.53. The van der Waals surface area contributed by atoms with E-state index in [0.29, 0.717) is 13.0 Å². The topological polar surface area (TPSA) is 49.6 Å². The van der Waals surface area contributed by atoms with Crippen molar-refractivity contribution in [2.45, 2.75) is 6.42 Å². The van der Waals surface area contributed by atoms with Crippen LogP contribution in [0.5, 0.6) is 0 Å². The molecule has 0 aromatic heterocycles. The lowest BCUT2D eigenvalue weighted by Gasteiger charge is -2.35. The molecule has 4 nitrogen and oxygen atoms in total. The Hall–Kier alpha value is -1.55. The number of rotatable bonds is 2. The van der Waals surface area contributed by atoms with Gasteiger partial charge in [0.2, 0.25) is 5.91 Å². The van der Waals surface area contributed by atoms with E-state index in [2.05, 4.69) is 4.90 Å². The van der Waals surface area contributed by atoms with Crippen LogP contribution in [-0.2, 0) is 4.79 Å². The van der Waals surface area contributed by atoms with Crippen molar-refractivity contribution in [1.82, 2.24) is 0 Å². The number of anilines is 2. The Morgan fingerprint density at radius 2 is 2.00 bits per heavy atom. The molecule has 0 bridgehead atoms. The molecule has 0 aliphatic carbocycles. The summed E-state index contributed by atoms with van der Waals surface area (Å²) < 4.78 is 0. The molecular weight excluding hydrogens is 202 g/mol. The van der Waals surface area contributed by atoms with Gasteiger partial charge in [0.25, 0.3) is 0 Å². The zero-order valence-electron chi connectivity index (χ0n) is 9.52. The summed E-state index contributed by atoms with van der Waals surface area (Å²) in [6, 6.07) is 7.98. The fraction of sp³-hybridized carbons (Fsp3) is 0.417. The van der Waals surface area contributed by atoms with Gasteiger partial charge in [-0.1, -0.05) is 12.1 Å². The third-order valence-corrected chi connectivity index (χ3v) is 2.90. The van der Waals surface area contributed by atoms with E-state index < -0.39 is 0 Å². The van der Waals surface area contributed by atoms with Crippen molar-refractivity contribution >= 4 is 17.3 Å². The number of hydrogen-bond donors (Lipinski definition) is 1. The highest BCUT2D eigenvalue weighted by molar-refractivity contribution is 5.97. The number of likely N-dealkylation sites (N-methyl/N-ethyl adjacent to an activating group) is 1. The van der Waals surface area contributed by atoms with Crippen molar-refractivity contribution in [3.05, 3.63) is 24.3 Å².